The van der Waals surface area contributed by atoms with Gasteiger partial charge in [-0.25, -0.2) is 0 Å². The number of hydrogen-bond donors (Lipinski definition) is 3. The van der Waals surface area contributed by atoms with Crippen LogP contribution in [-0.2, 0) is 4.79 Å². The van der Waals surface area contributed by atoms with Crippen LogP contribution in [0.2, 0.25) is 0 Å². The van der Waals surface area contributed by atoms with Crippen molar-refractivity contribution < 1.29 is 14.3 Å². The predicted molar refractivity (Wildman–Crippen MR) is 104 cm³/mol. The van der Waals surface area contributed by atoms with E-state index in [0.29, 0.717) is 23.5 Å². The summed E-state index contributed by atoms with van der Waals surface area (Å²) in [7, 11) is 1.58. The Bertz CT molecular complexity index is 729. The molecule has 0 aliphatic carbocycles. The Kier molecular flexibility index (Phi) is 7.49. The number of carbonyl (C=O) groups is 2. The van der Waals surface area contributed by atoms with E-state index in [2.05, 4.69) is 22.9 Å². The van der Waals surface area contributed by atoms with E-state index < -0.39 is 0 Å². The lowest BCUT2D eigenvalue weighted by molar-refractivity contribution is -0.114. The van der Waals surface area contributed by atoms with Gasteiger partial charge in [0, 0.05) is 24.0 Å². The molecule has 0 fully saturated rings. The number of nitrogens with one attached hydrogen (secondary N) is 3. The van der Waals surface area contributed by atoms with Crippen LogP contribution < -0.4 is 20.7 Å². The SMILES string of the molecule is CCCCOc1ccc(NC(=O)CNc2cccc(C(=O)NC)c2)cc1. The van der Waals surface area contributed by atoms with Gasteiger partial charge in [0.15, 0.2) is 0 Å². The molecule has 0 aliphatic rings. The molecule has 0 bridgehead atoms. The van der Waals surface area contributed by atoms with E-state index >= 15 is 0 Å². The number of ether oxygens (including phenoxy) is 1. The molecule has 2 rings (SSSR count). The van der Waals surface area contributed by atoms with Crippen molar-refractivity contribution in [2.45, 2.75) is 19.8 Å². The molecule has 0 unspecified atom stereocenters. The molecule has 6 heteroatoms. The molecule has 3 N–H and O–H groups in total. The summed E-state index contributed by atoms with van der Waals surface area (Å²) in [5.41, 5.74) is 1.95. The van der Waals surface area contributed by atoms with Crippen molar-refractivity contribution in [3.05, 3.63) is 54.1 Å². The lowest BCUT2D eigenvalue weighted by atomic mass is 10.2. The molecule has 2 amide bonds. The van der Waals surface area contributed by atoms with Gasteiger partial charge >= 0.3 is 0 Å². The van der Waals surface area contributed by atoms with Crippen LogP contribution in [0.3, 0.4) is 0 Å². The molecule has 0 saturated heterocycles. The maximum Gasteiger partial charge on any atom is 0.251 e. The summed E-state index contributed by atoms with van der Waals surface area (Å²) in [6, 6.07) is 14.3. The second-order valence-electron chi connectivity index (χ2n) is 5.79. The van der Waals surface area contributed by atoms with E-state index in [4.69, 9.17) is 4.74 Å². The fraction of sp³-hybridized carbons (Fsp3) is 0.300. The van der Waals surface area contributed by atoms with Crippen LogP contribution in [0.15, 0.2) is 48.5 Å². The van der Waals surface area contributed by atoms with E-state index in [-0.39, 0.29) is 18.4 Å². The minimum absolute atomic E-state index is 0.103. The Morgan fingerprint density at radius 2 is 1.81 bits per heavy atom. The third-order valence-electron chi connectivity index (χ3n) is 3.71. The highest BCUT2D eigenvalue weighted by Gasteiger charge is 2.06. The van der Waals surface area contributed by atoms with Crippen molar-refractivity contribution in [1.29, 1.82) is 0 Å². The number of carbonyl (C=O) groups excluding carboxylic acids is 2. The number of anilines is 2. The largest absolute Gasteiger partial charge is 0.494 e. The van der Waals surface area contributed by atoms with Gasteiger partial charge < -0.3 is 20.7 Å². The topological polar surface area (TPSA) is 79.5 Å². The second-order valence-corrected chi connectivity index (χ2v) is 5.79. The van der Waals surface area contributed by atoms with E-state index in [9.17, 15) is 9.59 Å². The van der Waals surface area contributed by atoms with Gasteiger partial charge in [0.2, 0.25) is 5.91 Å². The molecule has 2 aromatic rings. The van der Waals surface area contributed by atoms with E-state index in [0.717, 1.165) is 18.6 Å². The van der Waals surface area contributed by atoms with Gasteiger partial charge in [-0.05, 0) is 48.9 Å². The Labute approximate surface area is 153 Å². The second kappa shape index (κ2) is 10.1. The number of amides is 2. The van der Waals surface area contributed by atoms with Crippen molar-refractivity contribution in [2.24, 2.45) is 0 Å². The van der Waals surface area contributed by atoms with Crippen LogP contribution >= 0.6 is 0 Å². The highest BCUT2D eigenvalue weighted by molar-refractivity contribution is 5.96. The Morgan fingerprint density at radius 1 is 1.04 bits per heavy atom. The first kappa shape index (κ1) is 19.3. The summed E-state index contributed by atoms with van der Waals surface area (Å²) in [4.78, 5) is 23.7. The van der Waals surface area contributed by atoms with Gasteiger partial charge in [0.1, 0.15) is 5.75 Å². The lowest BCUT2D eigenvalue weighted by Gasteiger charge is -2.10. The molecule has 0 atom stereocenters. The van der Waals surface area contributed by atoms with Gasteiger partial charge in [-0.15, -0.1) is 0 Å². The molecule has 0 aromatic heterocycles. The number of benzene rings is 2. The highest BCUT2D eigenvalue weighted by Crippen LogP contribution is 2.16. The molecule has 0 spiro atoms. The third-order valence-corrected chi connectivity index (χ3v) is 3.71. The normalized spacial score (nSPS) is 10.1. The first-order valence-corrected chi connectivity index (χ1v) is 8.71. The van der Waals surface area contributed by atoms with Crippen LogP contribution in [0, 0.1) is 0 Å². The third kappa shape index (κ3) is 6.12. The fourth-order valence-electron chi connectivity index (χ4n) is 2.27. The summed E-state index contributed by atoms with van der Waals surface area (Å²) >= 11 is 0. The standard InChI is InChI=1S/C20H25N3O3/c1-3-4-12-26-18-10-8-16(9-11-18)23-19(24)14-22-17-7-5-6-15(13-17)20(25)21-2/h5-11,13,22H,3-4,12,14H2,1-2H3,(H,21,25)(H,23,24). The van der Waals surface area contributed by atoms with E-state index in [1.54, 1.807) is 25.2 Å². The van der Waals surface area contributed by atoms with Gasteiger partial charge in [-0.2, -0.15) is 0 Å². The van der Waals surface area contributed by atoms with Gasteiger partial charge in [0.25, 0.3) is 5.91 Å². The zero-order valence-electron chi connectivity index (χ0n) is 15.2. The first-order valence-electron chi connectivity index (χ1n) is 8.71. The molecule has 0 saturated carbocycles. The molecule has 138 valence electrons. The van der Waals surface area contributed by atoms with Crippen LogP contribution in [0.5, 0.6) is 5.75 Å². The van der Waals surface area contributed by atoms with Crippen LogP contribution in [0.25, 0.3) is 0 Å². The number of hydrogen-bond acceptors (Lipinski definition) is 4. The number of unbranched alkanes of at least 4 members (excludes halogenated alkanes) is 1. The molecule has 0 heterocycles. The number of rotatable bonds is 9. The Morgan fingerprint density at radius 3 is 2.50 bits per heavy atom. The molecular formula is C20H25N3O3. The van der Waals surface area contributed by atoms with Crippen molar-refractivity contribution >= 4 is 23.2 Å². The predicted octanol–water partition coefficient (Wildman–Crippen LogP) is 3.28. The van der Waals surface area contributed by atoms with Gasteiger partial charge in [0.05, 0.1) is 13.2 Å². The zero-order chi connectivity index (χ0) is 18.8. The van der Waals surface area contributed by atoms with Crippen molar-refractivity contribution in [1.82, 2.24) is 5.32 Å². The minimum atomic E-state index is -0.171. The maximum absolute atomic E-state index is 12.1. The Balaban J connectivity index is 1.82. The summed E-state index contributed by atoms with van der Waals surface area (Å²) in [6.45, 7) is 2.91. The summed E-state index contributed by atoms with van der Waals surface area (Å²) in [5, 5.41) is 8.40. The molecular weight excluding hydrogens is 330 g/mol. The minimum Gasteiger partial charge on any atom is -0.494 e. The first-order chi connectivity index (χ1) is 12.6. The van der Waals surface area contributed by atoms with Crippen molar-refractivity contribution in [3.8, 4) is 5.75 Å². The highest BCUT2D eigenvalue weighted by atomic mass is 16.5. The summed E-state index contributed by atoms with van der Waals surface area (Å²) in [6.07, 6.45) is 2.11. The summed E-state index contributed by atoms with van der Waals surface area (Å²) < 4.78 is 5.59. The fourth-order valence-corrected chi connectivity index (χ4v) is 2.27. The Hall–Kier alpha value is -3.02. The van der Waals surface area contributed by atoms with E-state index in [1.807, 2.05) is 30.3 Å². The zero-order valence-corrected chi connectivity index (χ0v) is 15.2. The van der Waals surface area contributed by atoms with E-state index in [1.165, 1.54) is 0 Å². The molecule has 2 aromatic carbocycles. The van der Waals surface area contributed by atoms with Crippen LogP contribution in [-0.4, -0.2) is 32.0 Å². The summed E-state index contributed by atoms with van der Waals surface area (Å²) in [5.74, 6) is 0.454. The van der Waals surface area contributed by atoms with Gasteiger partial charge in [-0.1, -0.05) is 19.4 Å². The van der Waals surface area contributed by atoms with Crippen LogP contribution in [0.4, 0.5) is 11.4 Å². The lowest BCUT2D eigenvalue weighted by Crippen LogP contribution is -2.22. The monoisotopic (exact) mass is 355 g/mol. The van der Waals surface area contributed by atoms with Crippen molar-refractivity contribution in [3.63, 3.8) is 0 Å². The van der Waals surface area contributed by atoms with Crippen molar-refractivity contribution in [2.75, 3.05) is 30.8 Å². The smallest absolute Gasteiger partial charge is 0.251 e. The molecule has 0 aliphatic heterocycles. The molecule has 0 radical (unpaired) electrons. The molecule has 6 nitrogen and oxygen atoms in total. The average Bonchev–Trinajstić information content (AvgIpc) is 2.67. The molecule has 26 heavy (non-hydrogen) atoms. The van der Waals surface area contributed by atoms with Crippen LogP contribution in [0.1, 0.15) is 30.1 Å². The average molecular weight is 355 g/mol. The van der Waals surface area contributed by atoms with Gasteiger partial charge in [-0.3, -0.25) is 9.59 Å². The maximum atomic E-state index is 12.1. The quantitative estimate of drug-likeness (QED) is 0.603.